The molecule has 1 heterocycles. The highest BCUT2D eigenvalue weighted by atomic mass is 32.1. The molecule has 1 atom stereocenters. The maximum atomic E-state index is 12.2. The van der Waals surface area contributed by atoms with Gasteiger partial charge in [0.2, 0.25) is 0 Å². The average molecular weight is 270 g/mol. The largest absolute Gasteiger partial charge is 0.347 e. The number of amides is 1. The third-order valence-corrected chi connectivity index (χ3v) is 3.50. The molecular formula is C12H22N4OS. The number of hydrogen-bond donors (Lipinski definition) is 2. The number of nitrogens with one attached hydrogen (secondary N) is 1. The first-order valence-electron chi connectivity index (χ1n) is 6.11. The van der Waals surface area contributed by atoms with Crippen molar-refractivity contribution in [1.82, 2.24) is 14.9 Å². The van der Waals surface area contributed by atoms with E-state index in [2.05, 4.69) is 14.9 Å². The van der Waals surface area contributed by atoms with Crippen molar-refractivity contribution >= 4 is 17.4 Å². The molecule has 0 aromatic carbocycles. The fourth-order valence-corrected chi connectivity index (χ4v) is 2.34. The van der Waals surface area contributed by atoms with Crippen LogP contribution in [0.25, 0.3) is 0 Å². The van der Waals surface area contributed by atoms with Crippen LogP contribution >= 0.6 is 11.5 Å². The first-order valence-corrected chi connectivity index (χ1v) is 6.88. The Bertz CT molecular complexity index is 408. The Labute approximate surface area is 112 Å². The van der Waals surface area contributed by atoms with E-state index in [-0.39, 0.29) is 17.4 Å². The monoisotopic (exact) mass is 270 g/mol. The van der Waals surface area contributed by atoms with Crippen LogP contribution in [0.3, 0.4) is 0 Å². The van der Waals surface area contributed by atoms with Gasteiger partial charge in [0.05, 0.1) is 5.69 Å². The molecule has 1 unspecified atom stereocenters. The van der Waals surface area contributed by atoms with Crippen molar-refractivity contribution in [1.29, 1.82) is 0 Å². The zero-order chi connectivity index (χ0) is 13.9. The SMILES string of the molecule is CC(C)C(CN)NC(=O)c1snnc1C(C)(C)C. The lowest BCUT2D eigenvalue weighted by molar-refractivity contribution is 0.0929. The molecule has 0 spiro atoms. The van der Waals surface area contributed by atoms with Gasteiger partial charge in [0.1, 0.15) is 4.88 Å². The highest BCUT2D eigenvalue weighted by molar-refractivity contribution is 7.08. The highest BCUT2D eigenvalue weighted by Crippen LogP contribution is 2.25. The molecule has 1 amide bonds. The molecule has 1 aromatic heterocycles. The minimum atomic E-state index is -0.185. The van der Waals surface area contributed by atoms with Crippen molar-refractivity contribution in [3.63, 3.8) is 0 Å². The van der Waals surface area contributed by atoms with Gasteiger partial charge in [0.25, 0.3) is 5.91 Å². The topological polar surface area (TPSA) is 80.9 Å². The summed E-state index contributed by atoms with van der Waals surface area (Å²) in [5.41, 5.74) is 6.21. The number of aromatic nitrogens is 2. The maximum Gasteiger partial charge on any atom is 0.265 e. The molecule has 0 radical (unpaired) electrons. The van der Waals surface area contributed by atoms with E-state index in [1.165, 1.54) is 0 Å². The van der Waals surface area contributed by atoms with Crippen LogP contribution in [0.4, 0.5) is 0 Å². The van der Waals surface area contributed by atoms with E-state index < -0.39 is 0 Å². The van der Waals surface area contributed by atoms with E-state index in [1.807, 2.05) is 34.6 Å². The molecule has 0 saturated heterocycles. The fourth-order valence-electron chi connectivity index (χ4n) is 1.56. The Morgan fingerprint density at radius 1 is 1.44 bits per heavy atom. The summed E-state index contributed by atoms with van der Waals surface area (Å²) in [4.78, 5) is 12.8. The molecule has 0 aliphatic carbocycles. The molecule has 0 fully saturated rings. The second kappa shape index (κ2) is 5.75. The third-order valence-electron chi connectivity index (χ3n) is 2.78. The zero-order valence-corrected chi connectivity index (χ0v) is 12.5. The van der Waals surface area contributed by atoms with Gasteiger partial charge in [-0.15, -0.1) is 5.10 Å². The minimum absolute atomic E-state index is 0.0209. The second-order valence-corrected chi connectivity index (χ2v) is 6.51. The lowest BCUT2D eigenvalue weighted by Crippen LogP contribution is -2.43. The number of carbonyl (C=O) groups excluding carboxylic acids is 1. The summed E-state index contributed by atoms with van der Waals surface area (Å²) in [5.74, 6) is 0.178. The Morgan fingerprint density at radius 3 is 2.50 bits per heavy atom. The van der Waals surface area contributed by atoms with Gasteiger partial charge in [-0.1, -0.05) is 39.1 Å². The number of hydrogen-bond acceptors (Lipinski definition) is 5. The van der Waals surface area contributed by atoms with Crippen LogP contribution in [-0.2, 0) is 5.41 Å². The van der Waals surface area contributed by atoms with E-state index >= 15 is 0 Å². The predicted molar refractivity (Wildman–Crippen MR) is 73.8 cm³/mol. The summed E-state index contributed by atoms with van der Waals surface area (Å²) in [6.07, 6.45) is 0. The fraction of sp³-hybridized carbons (Fsp3) is 0.750. The molecule has 0 saturated carbocycles. The standard InChI is InChI=1S/C12H22N4OS/c1-7(2)8(6-13)14-11(17)9-10(12(3,4)5)15-16-18-9/h7-8H,6,13H2,1-5H3,(H,14,17). The normalized spacial score (nSPS) is 13.7. The van der Waals surface area contributed by atoms with Crippen LogP contribution in [0.15, 0.2) is 0 Å². The average Bonchev–Trinajstić information content (AvgIpc) is 2.73. The molecule has 0 bridgehead atoms. The minimum Gasteiger partial charge on any atom is -0.347 e. The molecule has 102 valence electrons. The summed E-state index contributed by atoms with van der Waals surface area (Å²) >= 11 is 1.13. The number of nitrogens with two attached hydrogens (primary N) is 1. The molecule has 0 aliphatic heterocycles. The first-order chi connectivity index (χ1) is 8.27. The van der Waals surface area contributed by atoms with E-state index in [1.54, 1.807) is 0 Å². The van der Waals surface area contributed by atoms with Gasteiger partial charge in [-0.05, 0) is 17.5 Å². The quantitative estimate of drug-likeness (QED) is 0.869. The molecule has 0 aliphatic rings. The van der Waals surface area contributed by atoms with Crippen molar-refractivity contribution in [3.8, 4) is 0 Å². The smallest absolute Gasteiger partial charge is 0.265 e. The second-order valence-electron chi connectivity index (χ2n) is 5.76. The number of rotatable bonds is 4. The van der Waals surface area contributed by atoms with Crippen LogP contribution < -0.4 is 11.1 Å². The summed E-state index contributed by atoms with van der Waals surface area (Å²) in [6, 6.07) is -0.0209. The first kappa shape index (κ1) is 15.0. The molecule has 3 N–H and O–H groups in total. The van der Waals surface area contributed by atoms with Gasteiger partial charge in [-0.2, -0.15) is 0 Å². The Morgan fingerprint density at radius 2 is 2.06 bits per heavy atom. The Hall–Kier alpha value is -1.01. The van der Waals surface area contributed by atoms with E-state index in [4.69, 9.17) is 5.73 Å². The lowest BCUT2D eigenvalue weighted by atomic mass is 9.91. The Kier molecular flexibility index (Phi) is 4.81. The van der Waals surface area contributed by atoms with Crippen molar-refractivity contribution in [2.24, 2.45) is 11.7 Å². The number of nitrogens with zero attached hydrogens (tertiary/aromatic N) is 2. The van der Waals surface area contributed by atoms with E-state index in [0.29, 0.717) is 17.3 Å². The van der Waals surface area contributed by atoms with Crippen LogP contribution in [-0.4, -0.2) is 28.1 Å². The lowest BCUT2D eigenvalue weighted by Gasteiger charge is -2.21. The summed E-state index contributed by atoms with van der Waals surface area (Å²) in [7, 11) is 0. The summed E-state index contributed by atoms with van der Waals surface area (Å²) in [5, 5.41) is 7.01. The third kappa shape index (κ3) is 3.49. The highest BCUT2D eigenvalue weighted by Gasteiger charge is 2.27. The summed E-state index contributed by atoms with van der Waals surface area (Å²) in [6.45, 7) is 10.6. The van der Waals surface area contributed by atoms with Gasteiger partial charge in [0, 0.05) is 18.0 Å². The van der Waals surface area contributed by atoms with Crippen LogP contribution in [0, 0.1) is 5.92 Å². The van der Waals surface area contributed by atoms with Crippen LogP contribution in [0.5, 0.6) is 0 Å². The van der Waals surface area contributed by atoms with Gasteiger partial charge in [0.15, 0.2) is 0 Å². The van der Waals surface area contributed by atoms with Crippen molar-refractivity contribution in [2.75, 3.05) is 6.54 Å². The summed E-state index contributed by atoms with van der Waals surface area (Å²) < 4.78 is 3.89. The molecule has 1 aromatic rings. The van der Waals surface area contributed by atoms with Gasteiger partial charge in [-0.25, -0.2) is 0 Å². The zero-order valence-electron chi connectivity index (χ0n) is 11.7. The molecule has 18 heavy (non-hydrogen) atoms. The molecule has 1 rings (SSSR count). The van der Waals surface area contributed by atoms with Crippen LogP contribution in [0.1, 0.15) is 50.0 Å². The van der Waals surface area contributed by atoms with Crippen molar-refractivity contribution in [2.45, 2.75) is 46.1 Å². The molecule has 5 nitrogen and oxygen atoms in total. The Balaban J connectivity index is 2.89. The molecule has 6 heteroatoms. The predicted octanol–water partition coefficient (Wildman–Crippen LogP) is 1.55. The molecular weight excluding hydrogens is 248 g/mol. The maximum absolute atomic E-state index is 12.2. The van der Waals surface area contributed by atoms with Gasteiger partial charge < -0.3 is 11.1 Å². The number of carbonyl (C=O) groups is 1. The van der Waals surface area contributed by atoms with Gasteiger partial charge >= 0.3 is 0 Å². The van der Waals surface area contributed by atoms with E-state index in [0.717, 1.165) is 17.2 Å². The van der Waals surface area contributed by atoms with Crippen molar-refractivity contribution in [3.05, 3.63) is 10.6 Å². The van der Waals surface area contributed by atoms with Crippen LogP contribution in [0.2, 0.25) is 0 Å². The van der Waals surface area contributed by atoms with E-state index in [9.17, 15) is 4.79 Å². The van der Waals surface area contributed by atoms with Gasteiger partial charge in [-0.3, -0.25) is 4.79 Å². The van der Waals surface area contributed by atoms with Crippen molar-refractivity contribution < 1.29 is 4.79 Å².